The number of rotatable bonds is 3. The summed E-state index contributed by atoms with van der Waals surface area (Å²) in [6, 6.07) is 8.43. The number of nitrogens with zero attached hydrogens (tertiary/aromatic N) is 3. The van der Waals surface area contributed by atoms with Crippen molar-refractivity contribution in [2.75, 3.05) is 18.0 Å². The summed E-state index contributed by atoms with van der Waals surface area (Å²) in [5.41, 5.74) is 0.982. The van der Waals surface area contributed by atoms with Crippen molar-refractivity contribution in [3.63, 3.8) is 0 Å². The molecule has 0 radical (unpaired) electrons. The summed E-state index contributed by atoms with van der Waals surface area (Å²) < 4.78 is 0. The van der Waals surface area contributed by atoms with Gasteiger partial charge in [-0.2, -0.15) is 0 Å². The van der Waals surface area contributed by atoms with E-state index in [4.69, 9.17) is 28.8 Å². The van der Waals surface area contributed by atoms with Gasteiger partial charge in [0.1, 0.15) is 5.84 Å². The summed E-state index contributed by atoms with van der Waals surface area (Å²) >= 11 is 13.0. The summed E-state index contributed by atoms with van der Waals surface area (Å²) in [5.74, 6) is 3.84. The summed E-state index contributed by atoms with van der Waals surface area (Å²) in [6.07, 6.45) is 12.0. The highest BCUT2D eigenvalue weighted by Gasteiger charge is 2.56. The van der Waals surface area contributed by atoms with Gasteiger partial charge in [-0.25, -0.2) is 0 Å². The molecule has 2 saturated heterocycles. The number of benzene rings is 1. The number of anilines is 1. The number of hydrogen-bond donors (Lipinski definition) is 0. The van der Waals surface area contributed by atoms with Crippen molar-refractivity contribution in [2.45, 2.75) is 83.2 Å². The highest BCUT2D eigenvalue weighted by molar-refractivity contribution is 7.80. The molecule has 6 aliphatic rings. The maximum absolute atomic E-state index is 6.77. The van der Waals surface area contributed by atoms with Gasteiger partial charge in [0.2, 0.25) is 0 Å². The van der Waals surface area contributed by atoms with Crippen molar-refractivity contribution in [1.82, 2.24) is 4.90 Å². The van der Waals surface area contributed by atoms with Crippen LogP contribution in [0.25, 0.3) is 0 Å². The van der Waals surface area contributed by atoms with Crippen LogP contribution in [0.5, 0.6) is 0 Å². The Morgan fingerprint density at radius 3 is 2.12 bits per heavy atom. The number of aliphatic imine (C=N–C) groups is 1. The molecule has 3 nitrogen and oxygen atoms in total. The molecule has 0 unspecified atom stereocenters. The molecule has 1 atom stereocenters. The van der Waals surface area contributed by atoms with Gasteiger partial charge in [-0.3, -0.25) is 14.8 Å². The molecule has 0 aromatic heterocycles. The van der Waals surface area contributed by atoms with Crippen molar-refractivity contribution in [3.05, 3.63) is 29.3 Å². The van der Waals surface area contributed by atoms with Crippen LogP contribution in [0.1, 0.15) is 71.6 Å². The molecule has 0 N–H and O–H groups in total. The monoisotopic (exact) mass is 469 g/mol. The second-order valence-corrected chi connectivity index (χ2v) is 12.7. The molecule has 1 aromatic carbocycles. The lowest BCUT2D eigenvalue weighted by Gasteiger charge is -2.55. The third kappa shape index (κ3) is 3.39. The molecule has 4 aliphatic carbocycles. The van der Waals surface area contributed by atoms with Crippen LogP contribution in [0.15, 0.2) is 29.3 Å². The van der Waals surface area contributed by atoms with E-state index in [9.17, 15) is 0 Å². The molecule has 0 spiro atoms. The van der Waals surface area contributed by atoms with E-state index >= 15 is 0 Å². The Labute approximate surface area is 203 Å². The van der Waals surface area contributed by atoms with Crippen LogP contribution in [0.2, 0.25) is 5.02 Å². The average Bonchev–Trinajstić information content (AvgIpc) is 2.93. The van der Waals surface area contributed by atoms with Crippen LogP contribution < -0.4 is 4.90 Å². The van der Waals surface area contributed by atoms with E-state index in [2.05, 4.69) is 35.8 Å². The van der Waals surface area contributed by atoms with Gasteiger partial charge in [0, 0.05) is 5.41 Å². The number of amidine groups is 1. The number of piperidine rings is 1. The number of thiocarbonyl (C=S) groups is 1. The summed E-state index contributed by atoms with van der Waals surface area (Å²) in [7, 11) is 0. The zero-order valence-corrected chi connectivity index (χ0v) is 21.1. The standard InChI is InChI=1S/C27H36ClN3S/c1-26(2)23(30-10-6-3-7-11-30)24(31(25(26)32)22-9-5-4-8-21(22)28)29-27-15-18-12-19(16-27)14-20(13-18)17-27/h4-5,8-9,18-20,23H,3,6-7,10-17H2,1-2H3/t18?,19?,20?,23-,27?/m0/s1. The summed E-state index contributed by atoms with van der Waals surface area (Å²) in [6.45, 7) is 6.96. The van der Waals surface area contributed by atoms with Crippen LogP contribution in [0.4, 0.5) is 5.69 Å². The van der Waals surface area contributed by atoms with Gasteiger partial charge in [0.15, 0.2) is 0 Å². The zero-order chi connectivity index (χ0) is 22.1. The molecule has 172 valence electrons. The Kier molecular flexibility index (Phi) is 5.24. The van der Waals surface area contributed by atoms with Gasteiger partial charge in [0.05, 0.1) is 27.3 Å². The Bertz CT molecular complexity index is 913. The van der Waals surface area contributed by atoms with Crippen LogP contribution in [-0.2, 0) is 0 Å². The molecule has 6 fully saturated rings. The lowest BCUT2D eigenvalue weighted by Crippen LogP contribution is -2.53. The van der Waals surface area contributed by atoms with Gasteiger partial charge >= 0.3 is 0 Å². The first-order chi connectivity index (χ1) is 15.4. The molecule has 4 bridgehead atoms. The fourth-order valence-electron chi connectivity index (χ4n) is 8.17. The molecule has 1 aromatic rings. The first-order valence-corrected chi connectivity index (χ1v) is 13.6. The summed E-state index contributed by atoms with van der Waals surface area (Å²) in [5, 5.41) is 0.767. The number of halogens is 1. The first-order valence-electron chi connectivity index (χ1n) is 12.8. The van der Waals surface area contributed by atoms with E-state index in [0.29, 0.717) is 0 Å². The molecule has 4 saturated carbocycles. The Balaban J connectivity index is 1.49. The zero-order valence-electron chi connectivity index (χ0n) is 19.5. The fourth-order valence-corrected chi connectivity index (χ4v) is 8.70. The van der Waals surface area contributed by atoms with Gasteiger partial charge in [-0.05, 0) is 94.3 Å². The minimum absolute atomic E-state index is 0.119. The highest BCUT2D eigenvalue weighted by atomic mass is 35.5. The molecular formula is C27H36ClN3S. The van der Waals surface area contributed by atoms with Crippen molar-refractivity contribution < 1.29 is 0 Å². The van der Waals surface area contributed by atoms with Crippen LogP contribution in [0, 0.1) is 23.2 Å². The molecule has 2 aliphatic heterocycles. The van der Waals surface area contributed by atoms with E-state index in [1.165, 1.54) is 63.6 Å². The molecule has 7 rings (SSSR count). The normalized spacial score (nSPS) is 39.9. The predicted octanol–water partition coefficient (Wildman–Crippen LogP) is 6.74. The third-order valence-electron chi connectivity index (χ3n) is 9.12. The van der Waals surface area contributed by atoms with E-state index in [0.717, 1.165) is 46.5 Å². The quantitative estimate of drug-likeness (QED) is 0.457. The van der Waals surface area contributed by atoms with Gasteiger partial charge in [-0.1, -0.05) is 56.2 Å². The minimum Gasteiger partial charge on any atom is -0.293 e. The van der Waals surface area contributed by atoms with E-state index < -0.39 is 0 Å². The van der Waals surface area contributed by atoms with Crippen LogP contribution >= 0.6 is 23.8 Å². The number of likely N-dealkylation sites (tertiary alicyclic amines) is 1. The maximum atomic E-state index is 6.77. The Hall–Kier alpha value is -0.970. The Morgan fingerprint density at radius 1 is 0.938 bits per heavy atom. The summed E-state index contributed by atoms with van der Waals surface area (Å²) in [4.78, 5) is 11.8. The molecule has 0 amide bonds. The van der Waals surface area contributed by atoms with Gasteiger partial charge < -0.3 is 0 Å². The van der Waals surface area contributed by atoms with Gasteiger partial charge in [-0.15, -0.1) is 0 Å². The molecule has 32 heavy (non-hydrogen) atoms. The topological polar surface area (TPSA) is 18.8 Å². The smallest absolute Gasteiger partial charge is 0.128 e. The molecule has 5 heteroatoms. The van der Waals surface area contributed by atoms with E-state index in [1.54, 1.807) is 0 Å². The highest BCUT2D eigenvalue weighted by Crippen LogP contribution is 2.58. The van der Waals surface area contributed by atoms with Crippen LogP contribution in [-0.4, -0.2) is 40.4 Å². The average molecular weight is 470 g/mol. The molecule has 2 heterocycles. The largest absolute Gasteiger partial charge is 0.293 e. The van der Waals surface area contributed by atoms with Crippen molar-refractivity contribution in [1.29, 1.82) is 0 Å². The number of hydrogen-bond acceptors (Lipinski definition) is 3. The van der Waals surface area contributed by atoms with Crippen molar-refractivity contribution in [2.24, 2.45) is 28.2 Å². The van der Waals surface area contributed by atoms with Gasteiger partial charge in [0.25, 0.3) is 0 Å². The first kappa shape index (κ1) is 21.6. The van der Waals surface area contributed by atoms with Crippen molar-refractivity contribution >= 4 is 40.3 Å². The lowest BCUT2D eigenvalue weighted by atomic mass is 9.53. The lowest BCUT2D eigenvalue weighted by molar-refractivity contribution is 0.00114. The van der Waals surface area contributed by atoms with Crippen molar-refractivity contribution in [3.8, 4) is 0 Å². The second-order valence-electron chi connectivity index (χ2n) is 11.9. The Morgan fingerprint density at radius 2 is 1.53 bits per heavy atom. The predicted molar refractivity (Wildman–Crippen MR) is 138 cm³/mol. The SMILES string of the molecule is CC1(C)C(=S)N(c2ccccc2Cl)C(=NC23CC4CC(CC(C4)C2)C3)[C@@H]1N1CCCCC1. The van der Waals surface area contributed by atoms with E-state index in [1.807, 2.05) is 12.1 Å². The third-order valence-corrected chi connectivity index (χ3v) is 10.1. The van der Waals surface area contributed by atoms with Crippen LogP contribution in [0.3, 0.4) is 0 Å². The van der Waals surface area contributed by atoms with E-state index in [-0.39, 0.29) is 17.0 Å². The minimum atomic E-state index is -0.146. The molecular weight excluding hydrogens is 434 g/mol. The second kappa shape index (κ2) is 7.78. The maximum Gasteiger partial charge on any atom is 0.128 e. The number of para-hydroxylation sites is 1. The fraction of sp³-hybridized carbons (Fsp3) is 0.704.